The third-order valence-corrected chi connectivity index (χ3v) is 3.60. The largest absolute Gasteiger partial charge is 0.496 e. The molecule has 1 aromatic carbocycles. The van der Waals surface area contributed by atoms with Crippen molar-refractivity contribution in [3.05, 3.63) is 29.8 Å². The number of carbonyl (C=O) groups excluding carboxylic acids is 1. The number of ether oxygens (including phenoxy) is 1. The first-order valence-corrected chi connectivity index (χ1v) is 7.29. The summed E-state index contributed by atoms with van der Waals surface area (Å²) in [6.07, 6.45) is 3.55. The molecule has 20 heavy (non-hydrogen) atoms. The molecule has 3 N–H and O–H groups in total. The van der Waals surface area contributed by atoms with Gasteiger partial charge >= 0.3 is 0 Å². The molecule has 0 aliphatic heterocycles. The summed E-state index contributed by atoms with van der Waals surface area (Å²) in [5.74, 6) is 1.45. The maximum atomic E-state index is 11.9. The van der Waals surface area contributed by atoms with Crippen LogP contribution in [0.1, 0.15) is 38.2 Å². The molecule has 0 aromatic heterocycles. The van der Waals surface area contributed by atoms with Gasteiger partial charge in [-0.15, -0.1) is 0 Å². The van der Waals surface area contributed by atoms with Crippen molar-refractivity contribution >= 4 is 5.91 Å². The number of hydrogen-bond donors (Lipinski definition) is 2. The number of nitrogens with two attached hydrogens (primary N) is 1. The molecule has 0 spiro atoms. The van der Waals surface area contributed by atoms with Gasteiger partial charge in [0.2, 0.25) is 5.91 Å². The molecule has 0 aliphatic rings. The summed E-state index contributed by atoms with van der Waals surface area (Å²) in [5, 5.41) is 2.95. The fourth-order valence-electron chi connectivity index (χ4n) is 2.25. The van der Waals surface area contributed by atoms with Crippen LogP contribution in [-0.2, 0) is 11.3 Å². The van der Waals surface area contributed by atoms with Gasteiger partial charge in [-0.3, -0.25) is 4.79 Å². The van der Waals surface area contributed by atoms with Crippen LogP contribution in [0.15, 0.2) is 24.3 Å². The second-order valence-corrected chi connectivity index (χ2v) is 4.98. The number of nitrogens with one attached hydrogen (secondary N) is 1. The van der Waals surface area contributed by atoms with Gasteiger partial charge in [0, 0.05) is 18.5 Å². The van der Waals surface area contributed by atoms with E-state index in [1.807, 2.05) is 24.3 Å². The average Bonchev–Trinajstić information content (AvgIpc) is 2.49. The quantitative estimate of drug-likeness (QED) is 0.729. The molecule has 1 atom stereocenters. The normalized spacial score (nSPS) is 11.9. The second-order valence-electron chi connectivity index (χ2n) is 4.98. The number of methoxy groups -OCH3 is 1. The minimum absolute atomic E-state index is 0.0892. The molecule has 1 aromatic rings. The number of para-hydroxylation sites is 1. The van der Waals surface area contributed by atoms with Gasteiger partial charge in [-0.25, -0.2) is 0 Å². The highest BCUT2D eigenvalue weighted by Crippen LogP contribution is 2.17. The van der Waals surface area contributed by atoms with E-state index in [1.165, 1.54) is 0 Å². The summed E-state index contributed by atoms with van der Waals surface area (Å²) >= 11 is 0. The van der Waals surface area contributed by atoms with Gasteiger partial charge in [-0.2, -0.15) is 0 Å². The zero-order valence-corrected chi connectivity index (χ0v) is 12.5. The first-order chi connectivity index (χ1) is 9.71. The molecule has 1 amide bonds. The minimum Gasteiger partial charge on any atom is -0.496 e. The highest BCUT2D eigenvalue weighted by Gasteiger charge is 2.09. The van der Waals surface area contributed by atoms with Crippen molar-refractivity contribution in [3.8, 4) is 5.75 Å². The lowest BCUT2D eigenvalue weighted by atomic mass is 9.96. The van der Waals surface area contributed by atoms with Crippen molar-refractivity contribution in [2.45, 2.75) is 39.2 Å². The lowest BCUT2D eigenvalue weighted by molar-refractivity contribution is -0.121. The van der Waals surface area contributed by atoms with Crippen LogP contribution in [0, 0.1) is 5.92 Å². The molecular weight excluding hydrogens is 252 g/mol. The molecule has 0 fully saturated rings. The molecule has 1 unspecified atom stereocenters. The van der Waals surface area contributed by atoms with Crippen LogP contribution in [0.3, 0.4) is 0 Å². The highest BCUT2D eigenvalue weighted by molar-refractivity contribution is 5.75. The Bertz CT molecular complexity index is 407. The Morgan fingerprint density at radius 1 is 1.35 bits per heavy atom. The van der Waals surface area contributed by atoms with Crippen molar-refractivity contribution in [3.63, 3.8) is 0 Å². The van der Waals surface area contributed by atoms with E-state index >= 15 is 0 Å². The minimum atomic E-state index is 0.0892. The number of hydrogen-bond acceptors (Lipinski definition) is 3. The number of amides is 1. The molecule has 4 nitrogen and oxygen atoms in total. The number of carbonyl (C=O) groups is 1. The number of rotatable bonds is 9. The van der Waals surface area contributed by atoms with E-state index in [-0.39, 0.29) is 5.91 Å². The van der Waals surface area contributed by atoms with E-state index in [9.17, 15) is 4.79 Å². The average molecular weight is 278 g/mol. The Kier molecular flexibility index (Phi) is 7.73. The summed E-state index contributed by atoms with van der Waals surface area (Å²) in [5.41, 5.74) is 6.56. The van der Waals surface area contributed by atoms with Gasteiger partial charge in [0.1, 0.15) is 5.75 Å². The Labute approximate surface area is 121 Å². The first kappa shape index (κ1) is 16.5. The lowest BCUT2D eigenvalue weighted by Crippen LogP contribution is -2.23. The van der Waals surface area contributed by atoms with Crippen LogP contribution in [0.2, 0.25) is 0 Å². The predicted octanol–water partition coefficient (Wildman–Crippen LogP) is 2.47. The van der Waals surface area contributed by atoms with Crippen LogP contribution in [-0.4, -0.2) is 19.6 Å². The monoisotopic (exact) mass is 278 g/mol. The maximum absolute atomic E-state index is 11.9. The second kappa shape index (κ2) is 9.37. The standard InChI is InChI=1S/C16H26N2O2/c1-3-13(10-11-17)8-9-16(19)18-12-14-6-4-5-7-15(14)20-2/h4-7,13H,3,8-12,17H2,1-2H3,(H,18,19). The van der Waals surface area contributed by atoms with Crippen LogP contribution in [0.5, 0.6) is 5.75 Å². The van der Waals surface area contributed by atoms with Crippen LogP contribution in [0.4, 0.5) is 0 Å². The third kappa shape index (κ3) is 5.61. The summed E-state index contributed by atoms with van der Waals surface area (Å²) < 4.78 is 5.26. The summed E-state index contributed by atoms with van der Waals surface area (Å²) in [6, 6.07) is 7.72. The molecule has 0 saturated carbocycles. The van der Waals surface area contributed by atoms with Gasteiger partial charge in [-0.1, -0.05) is 31.5 Å². The Balaban J connectivity index is 2.36. The van der Waals surface area contributed by atoms with Gasteiger partial charge in [0.15, 0.2) is 0 Å². The van der Waals surface area contributed by atoms with E-state index in [0.717, 1.165) is 30.6 Å². The maximum Gasteiger partial charge on any atom is 0.220 e. The Morgan fingerprint density at radius 3 is 2.75 bits per heavy atom. The molecular formula is C16H26N2O2. The van der Waals surface area contributed by atoms with Crippen LogP contribution < -0.4 is 15.8 Å². The molecule has 112 valence electrons. The van der Waals surface area contributed by atoms with Gasteiger partial charge < -0.3 is 15.8 Å². The van der Waals surface area contributed by atoms with E-state index < -0.39 is 0 Å². The van der Waals surface area contributed by atoms with Crippen molar-refractivity contribution in [2.75, 3.05) is 13.7 Å². The molecule has 1 rings (SSSR count). The molecule has 0 aliphatic carbocycles. The smallest absolute Gasteiger partial charge is 0.220 e. The van der Waals surface area contributed by atoms with Gasteiger partial charge in [0.25, 0.3) is 0 Å². The highest BCUT2D eigenvalue weighted by atomic mass is 16.5. The molecule has 0 radical (unpaired) electrons. The van der Waals surface area contributed by atoms with E-state index in [0.29, 0.717) is 25.4 Å². The Morgan fingerprint density at radius 2 is 2.10 bits per heavy atom. The number of benzene rings is 1. The van der Waals surface area contributed by atoms with Crippen molar-refractivity contribution in [1.29, 1.82) is 0 Å². The first-order valence-electron chi connectivity index (χ1n) is 7.29. The van der Waals surface area contributed by atoms with Crippen molar-refractivity contribution < 1.29 is 9.53 Å². The molecule has 0 heterocycles. The SMILES string of the molecule is CCC(CCN)CCC(=O)NCc1ccccc1OC. The molecule has 4 heteroatoms. The van der Waals surface area contributed by atoms with Crippen molar-refractivity contribution in [1.82, 2.24) is 5.32 Å². The summed E-state index contributed by atoms with van der Waals surface area (Å²) in [6.45, 7) is 3.35. The summed E-state index contributed by atoms with van der Waals surface area (Å²) in [4.78, 5) is 11.9. The zero-order valence-electron chi connectivity index (χ0n) is 12.5. The fraction of sp³-hybridized carbons (Fsp3) is 0.562. The molecule has 0 bridgehead atoms. The van der Waals surface area contributed by atoms with E-state index in [1.54, 1.807) is 7.11 Å². The van der Waals surface area contributed by atoms with Gasteiger partial charge in [-0.05, 0) is 31.4 Å². The molecule has 0 saturated heterocycles. The zero-order chi connectivity index (χ0) is 14.8. The fourth-order valence-corrected chi connectivity index (χ4v) is 2.25. The lowest BCUT2D eigenvalue weighted by Gasteiger charge is -2.13. The van der Waals surface area contributed by atoms with Crippen LogP contribution >= 0.6 is 0 Å². The van der Waals surface area contributed by atoms with E-state index in [2.05, 4.69) is 12.2 Å². The van der Waals surface area contributed by atoms with Gasteiger partial charge in [0.05, 0.1) is 7.11 Å². The summed E-state index contributed by atoms with van der Waals surface area (Å²) in [7, 11) is 1.64. The van der Waals surface area contributed by atoms with E-state index in [4.69, 9.17) is 10.5 Å². The van der Waals surface area contributed by atoms with Crippen LogP contribution in [0.25, 0.3) is 0 Å². The predicted molar refractivity (Wildman–Crippen MR) is 81.5 cm³/mol. The topological polar surface area (TPSA) is 64.4 Å². The van der Waals surface area contributed by atoms with Crippen molar-refractivity contribution in [2.24, 2.45) is 11.7 Å². The third-order valence-electron chi connectivity index (χ3n) is 3.60. The Hall–Kier alpha value is -1.55.